The van der Waals surface area contributed by atoms with Crippen molar-refractivity contribution in [2.24, 2.45) is 5.92 Å². The van der Waals surface area contributed by atoms with Crippen molar-refractivity contribution in [2.75, 3.05) is 31.8 Å². The first kappa shape index (κ1) is 21.0. The lowest BCUT2D eigenvalue weighted by Gasteiger charge is -2.34. The smallest absolute Gasteiger partial charge is 0.321 e. The second-order valence-electron chi connectivity index (χ2n) is 7.94. The summed E-state index contributed by atoms with van der Waals surface area (Å²) in [5.41, 5.74) is 9.04. The summed E-state index contributed by atoms with van der Waals surface area (Å²) in [5.74, 6) is 1.46. The van der Waals surface area contributed by atoms with Crippen molar-refractivity contribution < 1.29 is 9.53 Å². The van der Waals surface area contributed by atoms with Gasteiger partial charge in [-0.3, -0.25) is 10.9 Å². The number of carbonyl (C=O) groups is 1. The first-order valence-corrected chi connectivity index (χ1v) is 11.7. The molecule has 2 saturated heterocycles. The van der Waals surface area contributed by atoms with Gasteiger partial charge in [-0.1, -0.05) is 12.1 Å². The number of ether oxygens (including phenoxy) is 1. The lowest BCUT2D eigenvalue weighted by molar-refractivity contribution is 0.169. The highest BCUT2D eigenvalue weighted by Crippen LogP contribution is 2.32. The number of likely N-dealkylation sites (tertiary alicyclic amines) is 1. The van der Waals surface area contributed by atoms with Crippen LogP contribution in [0.15, 0.2) is 53.4 Å². The predicted octanol–water partition coefficient (Wildman–Crippen LogP) is 4.27. The normalized spacial score (nSPS) is 22.1. The second-order valence-corrected chi connectivity index (χ2v) is 8.82. The van der Waals surface area contributed by atoms with Crippen molar-refractivity contribution in [3.8, 4) is 5.75 Å². The number of hydrogen-bond acceptors (Lipinski definition) is 5. The zero-order valence-electron chi connectivity index (χ0n) is 17.6. The van der Waals surface area contributed by atoms with Crippen LogP contribution in [-0.2, 0) is 0 Å². The molecule has 2 aliphatic heterocycles. The molecule has 7 heteroatoms. The van der Waals surface area contributed by atoms with E-state index in [9.17, 15) is 4.79 Å². The van der Waals surface area contributed by atoms with Crippen molar-refractivity contribution in [3.63, 3.8) is 0 Å². The molecule has 0 radical (unpaired) electrons. The number of carbonyl (C=O) groups excluding carboxylic acids is 1. The quantitative estimate of drug-likeness (QED) is 0.623. The molecule has 0 saturated carbocycles. The van der Waals surface area contributed by atoms with Crippen LogP contribution in [0.2, 0.25) is 0 Å². The van der Waals surface area contributed by atoms with Gasteiger partial charge in [-0.25, -0.2) is 4.79 Å². The minimum absolute atomic E-state index is 0.00267. The Labute approximate surface area is 182 Å². The number of benzene rings is 2. The van der Waals surface area contributed by atoms with Gasteiger partial charge >= 0.3 is 6.03 Å². The molecule has 4 rings (SSSR count). The van der Waals surface area contributed by atoms with E-state index in [2.05, 4.69) is 28.3 Å². The Balaban J connectivity index is 1.26. The molecular weight excluding hydrogens is 396 g/mol. The van der Waals surface area contributed by atoms with E-state index in [0.717, 1.165) is 43.8 Å². The van der Waals surface area contributed by atoms with Crippen LogP contribution in [0.4, 0.5) is 10.5 Å². The monoisotopic (exact) mass is 426 g/mol. The number of urea groups is 1. The summed E-state index contributed by atoms with van der Waals surface area (Å²) in [5, 5.41) is 3.02. The van der Waals surface area contributed by atoms with Crippen molar-refractivity contribution >= 4 is 23.5 Å². The van der Waals surface area contributed by atoms with Gasteiger partial charge in [-0.2, -0.15) is 0 Å². The number of amides is 2. The maximum absolute atomic E-state index is 12.6. The molecule has 2 fully saturated rings. The van der Waals surface area contributed by atoms with E-state index in [0.29, 0.717) is 12.0 Å². The summed E-state index contributed by atoms with van der Waals surface area (Å²) in [6, 6.07) is 16.9. The van der Waals surface area contributed by atoms with Crippen molar-refractivity contribution in [1.82, 2.24) is 15.8 Å². The maximum Gasteiger partial charge on any atom is 0.321 e. The van der Waals surface area contributed by atoms with Gasteiger partial charge in [0.15, 0.2) is 0 Å². The Hall–Kier alpha value is -2.22. The summed E-state index contributed by atoms with van der Waals surface area (Å²) in [7, 11) is 1.70. The van der Waals surface area contributed by atoms with Crippen molar-refractivity contribution in [2.45, 2.75) is 36.2 Å². The number of methoxy groups -OCH3 is 1. The number of hydrogen-bond donors (Lipinski definition) is 3. The van der Waals surface area contributed by atoms with Crippen LogP contribution >= 0.6 is 11.8 Å². The van der Waals surface area contributed by atoms with E-state index < -0.39 is 0 Å². The third-order valence-corrected chi connectivity index (χ3v) is 6.91. The Bertz CT molecular complexity index is 853. The molecule has 0 bridgehead atoms. The molecule has 30 heavy (non-hydrogen) atoms. The highest BCUT2D eigenvalue weighted by molar-refractivity contribution is 7.98. The first-order chi connectivity index (χ1) is 14.7. The van der Waals surface area contributed by atoms with Gasteiger partial charge in [0.05, 0.1) is 7.11 Å². The van der Waals surface area contributed by atoms with Crippen molar-refractivity contribution in [1.29, 1.82) is 0 Å². The molecule has 2 aliphatic rings. The molecule has 2 aromatic carbocycles. The van der Waals surface area contributed by atoms with Crippen LogP contribution < -0.4 is 20.9 Å². The molecule has 6 nitrogen and oxygen atoms in total. The molecule has 0 aromatic heterocycles. The fourth-order valence-electron chi connectivity index (χ4n) is 4.35. The molecular formula is C23H30N4O2S. The molecule has 2 atom stereocenters. The fourth-order valence-corrected chi connectivity index (χ4v) is 4.76. The molecule has 2 aromatic rings. The average Bonchev–Trinajstić information content (AvgIpc) is 3.30. The van der Waals surface area contributed by atoms with Crippen LogP contribution in [-0.4, -0.2) is 43.4 Å². The first-order valence-electron chi connectivity index (χ1n) is 10.5. The van der Waals surface area contributed by atoms with Gasteiger partial charge in [0.1, 0.15) is 5.75 Å². The number of hydrazine groups is 1. The maximum atomic E-state index is 12.6. The number of rotatable bonds is 5. The zero-order valence-corrected chi connectivity index (χ0v) is 18.4. The van der Waals surface area contributed by atoms with Crippen LogP contribution in [0.3, 0.4) is 0 Å². The Morgan fingerprint density at radius 2 is 1.90 bits per heavy atom. The van der Waals surface area contributed by atoms with E-state index in [1.54, 1.807) is 18.9 Å². The van der Waals surface area contributed by atoms with Crippen LogP contribution in [0.1, 0.15) is 30.9 Å². The van der Waals surface area contributed by atoms with Crippen molar-refractivity contribution in [3.05, 3.63) is 54.1 Å². The van der Waals surface area contributed by atoms with Gasteiger partial charge in [-0.15, -0.1) is 11.8 Å². The van der Waals surface area contributed by atoms with Gasteiger partial charge in [0.2, 0.25) is 0 Å². The highest BCUT2D eigenvalue weighted by atomic mass is 32.2. The average molecular weight is 427 g/mol. The molecule has 3 N–H and O–H groups in total. The molecule has 0 spiro atoms. The SMILES string of the molecule is COc1cccc(C2CC(C3CCN(C(=O)Nc4ccc(SC)cc4)CC3)NN2)c1. The Morgan fingerprint density at radius 1 is 1.13 bits per heavy atom. The summed E-state index contributed by atoms with van der Waals surface area (Å²) >= 11 is 1.70. The van der Waals surface area contributed by atoms with Gasteiger partial charge < -0.3 is 15.0 Å². The molecule has 2 heterocycles. The molecule has 0 aliphatic carbocycles. The van der Waals surface area contributed by atoms with E-state index >= 15 is 0 Å². The Kier molecular flexibility index (Phi) is 6.82. The summed E-state index contributed by atoms with van der Waals surface area (Å²) < 4.78 is 5.35. The van der Waals surface area contributed by atoms with E-state index in [-0.39, 0.29) is 12.1 Å². The molecule has 2 amide bonds. The summed E-state index contributed by atoms with van der Waals surface area (Å²) in [4.78, 5) is 15.7. The number of piperidine rings is 1. The largest absolute Gasteiger partial charge is 0.497 e. The zero-order chi connectivity index (χ0) is 20.9. The number of thioether (sulfide) groups is 1. The van der Waals surface area contributed by atoms with E-state index in [1.165, 1.54) is 10.5 Å². The lowest BCUT2D eigenvalue weighted by atomic mass is 9.86. The minimum atomic E-state index is -0.00267. The summed E-state index contributed by atoms with van der Waals surface area (Å²) in [6.07, 6.45) is 5.13. The number of anilines is 1. The van der Waals surface area contributed by atoms with E-state index in [4.69, 9.17) is 4.74 Å². The third kappa shape index (κ3) is 4.91. The Morgan fingerprint density at radius 3 is 2.60 bits per heavy atom. The van der Waals surface area contributed by atoms with Crippen LogP contribution in [0.25, 0.3) is 0 Å². The van der Waals surface area contributed by atoms with Gasteiger partial charge in [-0.05, 0) is 73.4 Å². The predicted molar refractivity (Wildman–Crippen MR) is 122 cm³/mol. The minimum Gasteiger partial charge on any atom is -0.497 e. The summed E-state index contributed by atoms with van der Waals surface area (Å²) in [6.45, 7) is 1.59. The van der Waals surface area contributed by atoms with Crippen LogP contribution in [0.5, 0.6) is 5.75 Å². The molecule has 160 valence electrons. The van der Waals surface area contributed by atoms with E-state index in [1.807, 2.05) is 47.6 Å². The van der Waals surface area contributed by atoms with Gasteiger partial charge in [0, 0.05) is 35.8 Å². The topological polar surface area (TPSA) is 65.6 Å². The third-order valence-electron chi connectivity index (χ3n) is 6.17. The standard InChI is InChI=1S/C23H30N4O2S/c1-29-19-5-3-4-17(14-19)22-15-21(25-26-22)16-10-12-27(13-11-16)23(28)24-18-6-8-20(30-2)9-7-18/h3-9,14,16,21-22,25-26H,10-13,15H2,1-2H3,(H,24,28). The van der Waals surface area contributed by atoms with Crippen LogP contribution in [0, 0.1) is 5.92 Å². The second kappa shape index (κ2) is 9.73. The van der Waals surface area contributed by atoms with Gasteiger partial charge in [0.25, 0.3) is 0 Å². The molecule has 2 unspecified atom stereocenters. The number of nitrogens with one attached hydrogen (secondary N) is 3. The lowest BCUT2D eigenvalue weighted by Crippen LogP contribution is -2.45. The number of nitrogens with zero attached hydrogens (tertiary/aromatic N) is 1. The fraction of sp³-hybridized carbons (Fsp3) is 0.435. The highest BCUT2D eigenvalue weighted by Gasteiger charge is 2.34.